The molecule has 106 valence electrons. The van der Waals surface area contributed by atoms with Crippen LogP contribution in [0.25, 0.3) is 0 Å². The molecule has 5 nitrogen and oxygen atoms in total. The van der Waals surface area contributed by atoms with Gasteiger partial charge in [-0.15, -0.1) is 0 Å². The molecule has 0 spiro atoms. The van der Waals surface area contributed by atoms with Gasteiger partial charge in [0.1, 0.15) is 5.60 Å². The summed E-state index contributed by atoms with van der Waals surface area (Å²) in [5.74, 6) is -2.42. The van der Waals surface area contributed by atoms with Gasteiger partial charge < -0.3 is 14.6 Å². The van der Waals surface area contributed by atoms with Crippen molar-refractivity contribution in [2.45, 2.75) is 45.1 Å². The van der Waals surface area contributed by atoms with E-state index in [4.69, 9.17) is 4.74 Å². The van der Waals surface area contributed by atoms with Crippen LogP contribution in [0.5, 0.6) is 0 Å². The Balaban J connectivity index is 4.12. The zero-order chi connectivity index (χ0) is 14.6. The topological polar surface area (TPSA) is 72.8 Å². The maximum absolute atomic E-state index is 11.7. The highest BCUT2D eigenvalue weighted by atomic mass is 19.4. The van der Waals surface area contributed by atoms with Crippen LogP contribution in [0.15, 0.2) is 0 Å². The number of ether oxygens (including phenoxy) is 2. The molecule has 8 heteroatoms. The minimum atomic E-state index is -4.65. The van der Waals surface area contributed by atoms with Gasteiger partial charge in [0.15, 0.2) is 12.7 Å². The Kier molecular flexibility index (Phi) is 5.59. The molecule has 0 saturated heterocycles. The number of hydrogen-bond donors (Lipinski definition) is 1. The fraction of sp³-hybridized carbons (Fsp3) is 0.800. The number of carbonyl (C=O) groups is 2. The molecule has 0 rings (SSSR count). The molecule has 0 aliphatic carbocycles. The van der Waals surface area contributed by atoms with Gasteiger partial charge in [0.05, 0.1) is 6.42 Å². The molecular weight excluding hydrogens is 257 g/mol. The lowest BCUT2D eigenvalue weighted by atomic mass is 10.2. The van der Waals surface area contributed by atoms with Gasteiger partial charge in [-0.3, -0.25) is 4.79 Å². The standard InChI is InChI=1S/C10H15F3O5/c1-9(2,3)18-8(16)6(14)4-7(15)17-5-10(11,12)13/h6,14H,4-5H2,1-3H3. The molecule has 0 aromatic carbocycles. The number of esters is 2. The van der Waals surface area contributed by atoms with Crippen molar-refractivity contribution in [3.05, 3.63) is 0 Å². The first-order valence-corrected chi connectivity index (χ1v) is 5.04. The first-order valence-electron chi connectivity index (χ1n) is 5.04. The quantitative estimate of drug-likeness (QED) is 0.778. The van der Waals surface area contributed by atoms with Crippen LogP contribution in [-0.2, 0) is 19.1 Å². The molecule has 0 fully saturated rings. The fourth-order valence-corrected chi connectivity index (χ4v) is 0.832. The van der Waals surface area contributed by atoms with Crippen LogP contribution in [0.3, 0.4) is 0 Å². The van der Waals surface area contributed by atoms with Gasteiger partial charge >= 0.3 is 18.1 Å². The van der Waals surface area contributed by atoms with Gasteiger partial charge in [0, 0.05) is 0 Å². The van der Waals surface area contributed by atoms with Crippen molar-refractivity contribution in [2.24, 2.45) is 0 Å². The van der Waals surface area contributed by atoms with Crippen LogP contribution in [0.4, 0.5) is 13.2 Å². The van der Waals surface area contributed by atoms with E-state index in [0.29, 0.717) is 0 Å². The van der Waals surface area contributed by atoms with Crippen LogP contribution >= 0.6 is 0 Å². The molecule has 0 aliphatic heterocycles. The molecule has 0 saturated carbocycles. The van der Waals surface area contributed by atoms with Crippen LogP contribution in [0.2, 0.25) is 0 Å². The summed E-state index contributed by atoms with van der Waals surface area (Å²) >= 11 is 0. The summed E-state index contributed by atoms with van der Waals surface area (Å²) in [4.78, 5) is 22.1. The molecular formula is C10H15F3O5. The van der Waals surface area contributed by atoms with Crippen molar-refractivity contribution in [1.82, 2.24) is 0 Å². The molecule has 0 amide bonds. The zero-order valence-corrected chi connectivity index (χ0v) is 10.2. The van der Waals surface area contributed by atoms with E-state index in [1.165, 1.54) is 0 Å². The second-order valence-electron chi connectivity index (χ2n) is 4.53. The molecule has 18 heavy (non-hydrogen) atoms. The van der Waals surface area contributed by atoms with Gasteiger partial charge in [-0.25, -0.2) is 4.79 Å². The van der Waals surface area contributed by atoms with Gasteiger partial charge in [-0.1, -0.05) is 0 Å². The van der Waals surface area contributed by atoms with Crippen molar-refractivity contribution < 1.29 is 37.3 Å². The first-order chi connectivity index (χ1) is 7.91. The number of aliphatic hydroxyl groups excluding tert-OH is 1. The lowest BCUT2D eigenvalue weighted by molar-refractivity contribution is -0.189. The summed E-state index contributed by atoms with van der Waals surface area (Å²) in [6.07, 6.45) is -7.37. The molecule has 0 heterocycles. The predicted octanol–water partition coefficient (Wildman–Crippen LogP) is 1.18. The predicted molar refractivity (Wildman–Crippen MR) is 53.5 cm³/mol. The van der Waals surface area contributed by atoms with Crippen LogP contribution in [0.1, 0.15) is 27.2 Å². The Labute approximate surface area is 102 Å². The van der Waals surface area contributed by atoms with Gasteiger partial charge in [0.2, 0.25) is 0 Å². The van der Waals surface area contributed by atoms with E-state index >= 15 is 0 Å². The van der Waals surface area contributed by atoms with Crippen molar-refractivity contribution in [2.75, 3.05) is 6.61 Å². The average Bonchev–Trinajstić information content (AvgIpc) is 2.10. The second kappa shape index (κ2) is 6.03. The van der Waals surface area contributed by atoms with Gasteiger partial charge in [-0.2, -0.15) is 13.2 Å². The SMILES string of the molecule is CC(C)(C)OC(=O)C(O)CC(=O)OCC(F)(F)F. The van der Waals surface area contributed by atoms with Crippen LogP contribution in [0, 0.1) is 0 Å². The highest BCUT2D eigenvalue weighted by Crippen LogP contribution is 2.15. The van der Waals surface area contributed by atoms with E-state index < -0.39 is 42.8 Å². The van der Waals surface area contributed by atoms with E-state index in [1.54, 1.807) is 20.8 Å². The van der Waals surface area contributed by atoms with E-state index in [0.717, 1.165) is 0 Å². The Morgan fingerprint density at radius 1 is 1.22 bits per heavy atom. The van der Waals surface area contributed by atoms with Crippen molar-refractivity contribution >= 4 is 11.9 Å². The molecule has 0 aromatic heterocycles. The van der Waals surface area contributed by atoms with E-state index in [-0.39, 0.29) is 0 Å². The van der Waals surface area contributed by atoms with E-state index in [9.17, 15) is 27.9 Å². The van der Waals surface area contributed by atoms with Crippen LogP contribution in [-0.4, -0.2) is 41.5 Å². The normalized spacial score (nSPS) is 13.9. The molecule has 1 N–H and O–H groups in total. The Morgan fingerprint density at radius 2 is 1.72 bits per heavy atom. The number of rotatable bonds is 4. The zero-order valence-electron chi connectivity index (χ0n) is 10.2. The summed E-state index contributed by atoms with van der Waals surface area (Å²) < 4.78 is 43.7. The third kappa shape index (κ3) is 8.80. The Bertz CT molecular complexity index is 306. The summed E-state index contributed by atoms with van der Waals surface area (Å²) in [6, 6.07) is 0. The van der Waals surface area contributed by atoms with Crippen molar-refractivity contribution in [3.8, 4) is 0 Å². The third-order valence-electron chi connectivity index (χ3n) is 1.44. The fourth-order valence-electron chi connectivity index (χ4n) is 0.832. The molecule has 0 aromatic rings. The lowest BCUT2D eigenvalue weighted by Crippen LogP contribution is -2.34. The number of halogens is 3. The van der Waals surface area contributed by atoms with E-state index in [2.05, 4.69) is 4.74 Å². The Morgan fingerprint density at radius 3 is 2.11 bits per heavy atom. The summed E-state index contributed by atoms with van der Waals surface area (Å²) in [5.41, 5.74) is -0.867. The summed E-state index contributed by atoms with van der Waals surface area (Å²) in [6.45, 7) is 2.87. The number of hydrogen-bond acceptors (Lipinski definition) is 5. The molecule has 0 radical (unpaired) electrons. The van der Waals surface area contributed by atoms with Crippen molar-refractivity contribution in [1.29, 1.82) is 0 Å². The third-order valence-corrected chi connectivity index (χ3v) is 1.44. The maximum Gasteiger partial charge on any atom is 0.422 e. The lowest BCUT2D eigenvalue weighted by Gasteiger charge is -2.21. The second-order valence-corrected chi connectivity index (χ2v) is 4.53. The molecule has 0 bridgehead atoms. The van der Waals surface area contributed by atoms with Crippen molar-refractivity contribution in [3.63, 3.8) is 0 Å². The van der Waals surface area contributed by atoms with Gasteiger partial charge in [0.25, 0.3) is 0 Å². The summed E-state index contributed by atoms with van der Waals surface area (Å²) in [7, 11) is 0. The van der Waals surface area contributed by atoms with E-state index in [1.807, 2.05) is 0 Å². The average molecular weight is 272 g/mol. The van der Waals surface area contributed by atoms with Crippen LogP contribution < -0.4 is 0 Å². The maximum atomic E-state index is 11.7. The first kappa shape index (κ1) is 16.7. The number of alkyl halides is 3. The minimum Gasteiger partial charge on any atom is -0.458 e. The monoisotopic (exact) mass is 272 g/mol. The highest BCUT2D eigenvalue weighted by molar-refractivity contribution is 5.81. The highest BCUT2D eigenvalue weighted by Gasteiger charge is 2.31. The molecule has 1 unspecified atom stereocenters. The smallest absolute Gasteiger partial charge is 0.422 e. The molecule has 1 atom stereocenters. The molecule has 0 aliphatic rings. The number of aliphatic hydroxyl groups is 1. The minimum absolute atomic E-state index is 0.867. The summed E-state index contributed by atoms with van der Waals surface area (Å²) in [5, 5.41) is 9.22. The largest absolute Gasteiger partial charge is 0.458 e. The number of carbonyl (C=O) groups excluding carboxylic acids is 2. The van der Waals surface area contributed by atoms with Gasteiger partial charge in [-0.05, 0) is 20.8 Å². The Hall–Kier alpha value is -1.31.